The van der Waals surface area contributed by atoms with Crippen LogP contribution in [0.15, 0.2) is 21.1 Å². The van der Waals surface area contributed by atoms with Crippen LogP contribution in [0.1, 0.15) is 25.3 Å². The lowest BCUT2D eigenvalue weighted by molar-refractivity contribution is 0.516. The fourth-order valence-corrected chi connectivity index (χ4v) is 4.60. The molecule has 1 heterocycles. The molecule has 4 heteroatoms. The van der Waals surface area contributed by atoms with E-state index in [0.29, 0.717) is 0 Å². The predicted molar refractivity (Wildman–Crippen MR) is 90.1 cm³/mol. The number of anilines is 1. The van der Waals surface area contributed by atoms with Gasteiger partial charge in [-0.25, -0.2) is 0 Å². The highest BCUT2D eigenvalue weighted by Gasteiger charge is 2.25. The molecule has 106 valence electrons. The third-order valence-corrected chi connectivity index (χ3v) is 4.83. The van der Waals surface area contributed by atoms with E-state index in [1.54, 1.807) is 0 Å². The molecule has 19 heavy (non-hydrogen) atoms. The normalized spacial score (nSPS) is 19.2. The van der Waals surface area contributed by atoms with Crippen LogP contribution in [0.25, 0.3) is 0 Å². The minimum absolute atomic E-state index is 0.770. The molecule has 0 aliphatic carbocycles. The van der Waals surface area contributed by atoms with Gasteiger partial charge in [0.05, 0.1) is 5.69 Å². The molecule has 1 atom stereocenters. The molecule has 1 saturated heterocycles. The van der Waals surface area contributed by atoms with Gasteiger partial charge >= 0.3 is 0 Å². The van der Waals surface area contributed by atoms with Crippen LogP contribution in [0.5, 0.6) is 0 Å². The molecule has 0 aromatic heterocycles. The van der Waals surface area contributed by atoms with Crippen molar-refractivity contribution < 1.29 is 0 Å². The second kappa shape index (κ2) is 7.09. The summed E-state index contributed by atoms with van der Waals surface area (Å²) in [5, 5.41) is 3.54. The molecule has 1 unspecified atom stereocenters. The Morgan fingerprint density at radius 1 is 1.32 bits per heavy atom. The van der Waals surface area contributed by atoms with Crippen LogP contribution in [0.4, 0.5) is 5.69 Å². The van der Waals surface area contributed by atoms with Gasteiger partial charge in [-0.2, -0.15) is 0 Å². The molecule has 0 spiro atoms. The molecule has 1 fully saturated rings. The van der Waals surface area contributed by atoms with Crippen molar-refractivity contribution in [2.45, 2.75) is 26.7 Å². The van der Waals surface area contributed by atoms with Gasteiger partial charge < -0.3 is 10.2 Å². The van der Waals surface area contributed by atoms with E-state index in [0.717, 1.165) is 32.1 Å². The van der Waals surface area contributed by atoms with Gasteiger partial charge in [0.1, 0.15) is 0 Å². The molecule has 1 aliphatic heterocycles. The summed E-state index contributed by atoms with van der Waals surface area (Å²) >= 11 is 7.41. The van der Waals surface area contributed by atoms with Gasteiger partial charge in [-0.1, -0.05) is 6.92 Å². The lowest BCUT2D eigenvalue weighted by Crippen LogP contribution is -2.27. The number of benzene rings is 1. The van der Waals surface area contributed by atoms with Crippen molar-refractivity contribution in [3.63, 3.8) is 0 Å². The van der Waals surface area contributed by atoms with Gasteiger partial charge in [0, 0.05) is 22.0 Å². The minimum atomic E-state index is 0.770. The summed E-state index contributed by atoms with van der Waals surface area (Å²) in [5.41, 5.74) is 2.59. The maximum absolute atomic E-state index is 3.70. The van der Waals surface area contributed by atoms with Crippen molar-refractivity contribution in [2.24, 2.45) is 5.92 Å². The maximum Gasteiger partial charge on any atom is 0.0655 e. The van der Waals surface area contributed by atoms with Crippen LogP contribution in [0.2, 0.25) is 0 Å². The molecule has 0 amide bonds. The summed E-state index contributed by atoms with van der Waals surface area (Å²) < 4.78 is 2.39. The molecular formula is C15H22Br2N2. The maximum atomic E-state index is 3.70. The Balaban J connectivity index is 2.01. The van der Waals surface area contributed by atoms with E-state index in [1.807, 2.05) is 0 Å². The van der Waals surface area contributed by atoms with Crippen LogP contribution in [0.3, 0.4) is 0 Å². The van der Waals surface area contributed by atoms with E-state index in [1.165, 1.54) is 33.0 Å². The molecular weight excluding hydrogens is 368 g/mol. The van der Waals surface area contributed by atoms with Crippen LogP contribution in [-0.2, 0) is 0 Å². The van der Waals surface area contributed by atoms with Gasteiger partial charge in [0.25, 0.3) is 0 Å². The van der Waals surface area contributed by atoms with Crippen molar-refractivity contribution in [1.29, 1.82) is 0 Å². The number of nitrogens with zero attached hydrogens (tertiary/aromatic N) is 1. The highest BCUT2D eigenvalue weighted by atomic mass is 79.9. The predicted octanol–water partition coefficient (Wildman–Crippen LogP) is 4.35. The molecule has 0 saturated carbocycles. The van der Waals surface area contributed by atoms with Crippen LogP contribution >= 0.6 is 31.9 Å². The number of halogens is 2. The Hall–Kier alpha value is -0.0600. The Bertz CT molecular complexity index is 411. The molecule has 2 nitrogen and oxygen atoms in total. The fraction of sp³-hybridized carbons (Fsp3) is 0.600. The SMILES string of the molecule is CCCNCC1CCN(c2c(Br)cc(C)cc2Br)C1. The number of nitrogens with one attached hydrogen (secondary N) is 1. The molecule has 0 bridgehead atoms. The quantitative estimate of drug-likeness (QED) is 0.753. The Kier molecular flexibility index (Phi) is 5.72. The van der Waals surface area contributed by atoms with Crippen molar-refractivity contribution in [3.05, 3.63) is 26.6 Å². The first-order chi connectivity index (χ1) is 9.11. The van der Waals surface area contributed by atoms with Crippen molar-refractivity contribution in [3.8, 4) is 0 Å². The zero-order valence-electron chi connectivity index (χ0n) is 11.7. The highest BCUT2D eigenvalue weighted by molar-refractivity contribution is 9.11. The van der Waals surface area contributed by atoms with E-state index >= 15 is 0 Å². The smallest absolute Gasteiger partial charge is 0.0655 e. The third-order valence-electron chi connectivity index (χ3n) is 3.62. The first kappa shape index (κ1) is 15.3. The molecule has 1 aliphatic rings. The summed E-state index contributed by atoms with van der Waals surface area (Å²) in [5.74, 6) is 0.770. The average molecular weight is 390 g/mol. The number of rotatable bonds is 5. The monoisotopic (exact) mass is 388 g/mol. The second-order valence-corrected chi connectivity index (χ2v) is 7.09. The highest BCUT2D eigenvalue weighted by Crippen LogP contribution is 2.37. The molecule has 1 aromatic carbocycles. The van der Waals surface area contributed by atoms with Gasteiger partial charge in [0.2, 0.25) is 0 Å². The van der Waals surface area contributed by atoms with E-state index in [9.17, 15) is 0 Å². The van der Waals surface area contributed by atoms with Crippen molar-refractivity contribution in [1.82, 2.24) is 5.32 Å². The minimum Gasteiger partial charge on any atom is -0.369 e. The molecule has 1 aromatic rings. The zero-order valence-corrected chi connectivity index (χ0v) is 14.8. The van der Waals surface area contributed by atoms with E-state index in [4.69, 9.17) is 0 Å². The first-order valence-electron chi connectivity index (χ1n) is 7.03. The average Bonchev–Trinajstić information content (AvgIpc) is 2.76. The van der Waals surface area contributed by atoms with Crippen molar-refractivity contribution in [2.75, 3.05) is 31.1 Å². The van der Waals surface area contributed by atoms with Gasteiger partial charge in [-0.3, -0.25) is 0 Å². The largest absolute Gasteiger partial charge is 0.369 e. The Morgan fingerprint density at radius 2 is 2.00 bits per heavy atom. The van der Waals surface area contributed by atoms with E-state index < -0.39 is 0 Å². The van der Waals surface area contributed by atoms with E-state index in [2.05, 4.69) is 68.1 Å². The summed E-state index contributed by atoms with van der Waals surface area (Å²) in [4.78, 5) is 2.49. The lowest BCUT2D eigenvalue weighted by atomic mass is 10.1. The van der Waals surface area contributed by atoms with Gasteiger partial charge in [-0.15, -0.1) is 0 Å². The van der Waals surface area contributed by atoms with Crippen molar-refractivity contribution >= 4 is 37.5 Å². The van der Waals surface area contributed by atoms with Gasteiger partial charge in [0.15, 0.2) is 0 Å². The molecule has 1 N–H and O–H groups in total. The third kappa shape index (κ3) is 3.96. The molecule has 2 rings (SSSR count). The number of hydrogen-bond acceptors (Lipinski definition) is 2. The Morgan fingerprint density at radius 3 is 2.63 bits per heavy atom. The first-order valence-corrected chi connectivity index (χ1v) is 8.61. The van der Waals surface area contributed by atoms with Gasteiger partial charge in [-0.05, 0) is 88.3 Å². The van der Waals surface area contributed by atoms with Crippen LogP contribution in [0, 0.1) is 12.8 Å². The summed E-state index contributed by atoms with van der Waals surface area (Å²) in [6.45, 7) is 8.92. The van der Waals surface area contributed by atoms with Crippen LogP contribution < -0.4 is 10.2 Å². The Labute approximate surface area is 133 Å². The lowest BCUT2D eigenvalue weighted by Gasteiger charge is -2.22. The summed E-state index contributed by atoms with van der Waals surface area (Å²) in [6.07, 6.45) is 2.50. The summed E-state index contributed by atoms with van der Waals surface area (Å²) in [6, 6.07) is 4.39. The molecule has 0 radical (unpaired) electrons. The number of aryl methyl sites for hydroxylation is 1. The zero-order chi connectivity index (χ0) is 13.8. The van der Waals surface area contributed by atoms with E-state index in [-0.39, 0.29) is 0 Å². The topological polar surface area (TPSA) is 15.3 Å². The van der Waals surface area contributed by atoms with Crippen LogP contribution in [-0.4, -0.2) is 26.2 Å². The fourth-order valence-electron chi connectivity index (χ4n) is 2.68. The number of hydrogen-bond donors (Lipinski definition) is 1. The standard InChI is InChI=1S/C15H22Br2N2/c1-3-5-18-9-12-4-6-19(10-12)15-13(16)7-11(2)8-14(15)17/h7-8,12,18H,3-6,9-10H2,1-2H3. The summed E-state index contributed by atoms with van der Waals surface area (Å²) in [7, 11) is 0. The second-order valence-electron chi connectivity index (χ2n) is 5.38.